The second kappa shape index (κ2) is 6.54. The number of likely N-dealkylation sites (tertiary alicyclic amines) is 1. The summed E-state index contributed by atoms with van der Waals surface area (Å²) in [6.45, 7) is 2.61. The van der Waals surface area contributed by atoms with Crippen LogP contribution in [0.1, 0.15) is 18.5 Å². The third-order valence-electron chi connectivity index (χ3n) is 4.06. The Bertz CT molecular complexity index is 624. The van der Waals surface area contributed by atoms with Crippen LogP contribution in [0.3, 0.4) is 0 Å². The molecule has 0 unspecified atom stereocenters. The Morgan fingerprint density at radius 3 is 2.73 bits per heavy atom. The van der Waals surface area contributed by atoms with Crippen molar-refractivity contribution in [3.05, 3.63) is 47.8 Å². The van der Waals surface area contributed by atoms with Crippen LogP contribution in [0.15, 0.2) is 30.5 Å². The molecule has 1 aliphatic rings. The van der Waals surface area contributed by atoms with Gasteiger partial charge in [0.05, 0.1) is 5.69 Å². The summed E-state index contributed by atoms with van der Waals surface area (Å²) in [5.74, 6) is -0.958. The average molecular weight is 307 g/mol. The minimum absolute atomic E-state index is 0.152. The van der Waals surface area contributed by atoms with E-state index in [1.54, 1.807) is 12.3 Å². The lowest BCUT2D eigenvalue weighted by Gasteiger charge is -2.31. The molecule has 1 fully saturated rings. The summed E-state index contributed by atoms with van der Waals surface area (Å²) in [7, 11) is 0. The van der Waals surface area contributed by atoms with E-state index in [1.807, 2.05) is 0 Å². The van der Waals surface area contributed by atoms with Crippen LogP contribution in [0.5, 0.6) is 0 Å². The van der Waals surface area contributed by atoms with Gasteiger partial charge in [0.15, 0.2) is 11.6 Å². The zero-order valence-electron chi connectivity index (χ0n) is 12.3. The molecule has 0 radical (unpaired) electrons. The Labute approximate surface area is 128 Å². The van der Waals surface area contributed by atoms with Crippen LogP contribution in [-0.2, 0) is 6.54 Å². The molecule has 118 valence electrons. The van der Waals surface area contributed by atoms with Crippen molar-refractivity contribution in [3.8, 4) is 5.69 Å². The second-order valence-corrected chi connectivity index (χ2v) is 5.75. The maximum absolute atomic E-state index is 13.8. The van der Waals surface area contributed by atoms with Crippen molar-refractivity contribution in [2.24, 2.45) is 5.92 Å². The second-order valence-electron chi connectivity index (χ2n) is 5.75. The van der Waals surface area contributed by atoms with Crippen molar-refractivity contribution in [3.63, 3.8) is 0 Å². The summed E-state index contributed by atoms with van der Waals surface area (Å²) in [6, 6.07) is 5.54. The van der Waals surface area contributed by atoms with E-state index in [1.165, 1.54) is 22.9 Å². The quantitative estimate of drug-likeness (QED) is 0.943. The van der Waals surface area contributed by atoms with Gasteiger partial charge in [-0.2, -0.15) is 5.10 Å². The fourth-order valence-electron chi connectivity index (χ4n) is 2.95. The molecule has 0 spiro atoms. The number of hydrogen-bond donors (Lipinski definition) is 1. The molecule has 2 aromatic rings. The molecule has 1 atom stereocenters. The third kappa shape index (κ3) is 3.18. The number of aromatic nitrogens is 2. The molecular weight excluding hydrogens is 288 g/mol. The van der Waals surface area contributed by atoms with E-state index in [0.29, 0.717) is 12.5 Å². The van der Waals surface area contributed by atoms with Gasteiger partial charge in [0, 0.05) is 25.9 Å². The van der Waals surface area contributed by atoms with Gasteiger partial charge in [0.1, 0.15) is 5.69 Å². The fourth-order valence-corrected chi connectivity index (χ4v) is 2.95. The van der Waals surface area contributed by atoms with E-state index < -0.39 is 11.6 Å². The van der Waals surface area contributed by atoms with E-state index >= 15 is 0 Å². The monoisotopic (exact) mass is 307 g/mol. The van der Waals surface area contributed by atoms with Crippen LogP contribution < -0.4 is 0 Å². The smallest absolute Gasteiger partial charge is 0.151 e. The summed E-state index contributed by atoms with van der Waals surface area (Å²) in [4.78, 5) is 2.22. The summed E-state index contributed by atoms with van der Waals surface area (Å²) >= 11 is 0. The normalized spacial score (nSPS) is 19.5. The standard InChI is InChI=1S/C16H19F2N3O/c17-14-4-1-5-15(18)16(14)21-8-6-13(19-21)10-20-7-2-3-12(9-20)11-22/h1,4-6,8,12,22H,2-3,7,9-11H2/t12-/m0/s1. The van der Waals surface area contributed by atoms with E-state index in [-0.39, 0.29) is 12.3 Å². The minimum Gasteiger partial charge on any atom is -0.396 e. The molecule has 6 heteroatoms. The maximum Gasteiger partial charge on any atom is 0.151 e. The highest BCUT2D eigenvalue weighted by Crippen LogP contribution is 2.19. The Kier molecular flexibility index (Phi) is 4.49. The van der Waals surface area contributed by atoms with Crippen LogP contribution in [0.2, 0.25) is 0 Å². The van der Waals surface area contributed by atoms with E-state index in [9.17, 15) is 13.9 Å². The largest absolute Gasteiger partial charge is 0.396 e. The molecule has 3 rings (SSSR count). The van der Waals surface area contributed by atoms with Crippen molar-refractivity contribution in [2.45, 2.75) is 19.4 Å². The van der Waals surface area contributed by atoms with Crippen LogP contribution in [0.25, 0.3) is 5.69 Å². The van der Waals surface area contributed by atoms with Gasteiger partial charge in [-0.05, 0) is 43.5 Å². The first kappa shape index (κ1) is 15.1. The number of aliphatic hydroxyl groups excluding tert-OH is 1. The lowest BCUT2D eigenvalue weighted by Crippen LogP contribution is -2.36. The summed E-state index contributed by atoms with van der Waals surface area (Å²) in [6.07, 6.45) is 3.67. The predicted molar refractivity (Wildman–Crippen MR) is 78.6 cm³/mol. The van der Waals surface area contributed by atoms with Crippen molar-refractivity contribution in [2.75, 3.05) is 19.7 Å². The third-order valence-corrected chi connectivity index (χ3v) is 4.06. The first-order chi connectivity index (χ1) is 10.7. The molecule has 1 saturated heterocycles. The number of rotatable bonds is 4. The van der Waals surface area contributed by atoms with Gasteiger partial charge in [0.2, 0.25) is 0 Å². The number of hydrogen-bond acceptors (Lipinski definition) is 3. The lowest BCUT2D eigenvalue weighted by atomic mass is 9.99. The van der Waals surface area contributed by atoms with Crippen molar-refractivity contribution in [1.29, 1.82) is 0 Å². The van der Waals surface area contributed by atoms with Crippen molar-refractivity contribution < 1.29 is 13.9 Å². The van der Waals surface area contributed by atoms with Crippen LogP contribution in [0, 0.1) is 17.6 Å². The number of piperidine rings is 1. The first-order valence-electron chi connectivity index (χ1n) is 7.49. The zero-order valence-corrected chi connectivity index (χ0v) is 12.3. The SMILES string of the molecule is OC[C@H]1CCCN(Cc2ccn(-c3c(F)cccc3F)n2)C1. The summed E-state index contributed by atoms with van der Waals surface area (Å²) in [5.41, 5.74) is 0.613. The van der Waals surface area contributed by atoms with Crippen LogP contribution in [0.4, 0.5) is 8.78 Å². The number of para-hydroxylation sites is 1. The Morgan fingerprint density at radius 2 is 2.00 bits per heavy atom. The van der Waals surface area contributed by atoms with Gasteiger partial charge in [-0.15, -0.1) is 0 Å². The minimum atomic E-state index is -0.632. The highest BCUT2D eigenvalue weighted by atomic mass is 19.1. The summed E-state index contributed by atoms with van der Waals surface area (Å²) < 4.78 is 28.8. The van der Waals surface area contributed by atoms with Crippen LogP contribution >= 0.6 is 0 Å². The molecule has 0 bridgehead atoms. The van der Waals surface area contributed by atoms with Crippen LogP contribution in [-0.4, -0.2) is 39.5 Å². The molecule has 1 aliphatic heterocycles. The maximum atomic E-state index is 13.8. The Hall–Kier alpha value is -1.79. The van der Waals surface area contributed by atoms with E-state index in [0.717, 1.165) is 31.6 Å². The van der Waals surface area contributed by atoms with E-state index in [2.05, 4.69) is 10.00 Å². The average Bonchev–Trinajstić information content (AvgIpc) is 2.95. The zero-order chi connectivity index (χ0) is 15.5. The van der Waals surface area contributed by atoms with Gasteiger partial charge < -0.3 is 5.11 Å². The molecule has 4 nitrogen and oxygen atoms in total. The highest BCUT2D eigenvalue weighted by Gasteiger charge is 2.20. The highest BCUT2D eigenvalue weighted by molar-refractivity contribution is 5.34. The Balaban J connectivity index is 1.74. The number of benzene rings is 1. The van der Waals surface area contributed by atoms with Crippen molar-refractivity contribution >= 4 is 0 Å². The van der Waals surface area contributed by atoms with Gasteiger partial charge in [-0.3, -0.25) is 4.90 Å². The molecule has 22 heavy (non-hydrogen) atoms. The van der Waals surface area contributed by atoms with Gasteiger partial charge in [-0.1, -0.05) is 6.07 Å². The Morgan fingerprint density at radius 1 is 1.23 bits per heavy atom. The molecule has 1 N–H and O–H groups in total. The van der Waals surface area contributed by atoms with Gasteiger partial charge in [-0.25, -0.2) is 13.5 Å². The number of halogens is 2. The summed E-state index contributed by atoms with van der Waals surface area (Å²) in [5, 5.41) is 13.5. The molecule has 1 aromatic heterocycles. The first-order valence-corrected chi connectivity index (χ1v) is 7.49. The number of nitrogens with zero attached hydrogens (tertiary/aromatic N) is 3. The fraction of sp³-hybridized carbons (Fsp3) is 0.438. The predicted octanol–water partition coefficient (Wildman–Crippen LogP) is 2.35. The molecule has 2 heterocycles. The molecule has 0 aliphatic carbocycles. The lowest BCUT2D eigenvalue weighted by molar-refractivity contribution is 0.115. The van der Waals surface area contributed by atoms with Gasteiger partial charge in [0.25, 0.3) is 0 Å². The van der Waals surface area contributed by atoms with E-state index in [4.69, 9.17) is 0 Å². The van der Waals surface area contributed by atoms with Gasteiger partial charge >= 0.3 is 0 Å². The molecule has 1 aromatic carbocycles. The van der Waals surface area contributed by atoms with Crippen molar-refractivity contribution in [1.82, 2.24) is 14.7 Å². The topological polar surface area (TPSA) is 41.3 Å². The molecule has 0 amide bonds. The molecular formula is C16H19F2N3O. The number of aliphatic hydroxyl groups is 1. The molecule has 0 saturated carbocycles.